The predicted octanol–water partition coefficient (Wildman–Crippen LogP) is 5.55. The normalized spacial score (nSPS) is 18.1. The van der Waals surface area contributed by atoms with Gasteiger partial charge < -0.3 is 4.90 Å². The lowest BCUT2D eigenvalue weighted by Crippen LogP contribution is -2.19. The van der Waals surface area contributed by atoms with Gasteiger partial charge in [0.25, 0.3) is 0 Å². The van der Waals surface area contributed by atoms with Crippen molar-refractivity contribution in [3.63, 3.8) is 0 Å². The Morgan fingerprint density at radius 2 is 1.59 bits per heavy atom. The van der Waals surface area contributed by atoms with Crippen LogP contribution in [-0.2, 0) is 0 Å². The minimum Gasteiger partial charge on any atom is -0.306 e. The van der Waals surface area contributed by atoms with E-state index >= 15 is 0 Å². The molecular formula is C19H18BrNS. The molecule has 0 N–H and O–H groups in total. The van der Waals surface area contributed by atoms with Crippen molar-refractivity contribution in [2.45, 2.75) is 22.6 Å². The van der Waals surface area contributed by atoms with E-state index in [-0.39, 0.29) is 0 Å². The molecule has 22 heavy (non-hydrogen) atoms. The van der Waals surface area contributed by atoms with Crippen LogP contribution in [0.1, 0.15) is 24.0 Å². The minimum absolute atomic E-state index is 1.13. The SMILES string of the molecule is CN1CCC2=C(CC1)c1cc(Br)ccc1Sc1ccccc12. The van der Waals surface area contributed by atoms with Crippen molar-refractivity contribution in [1.82, 2.24) is 4.90 Å². The molecule has 0 spiro atoms. The van der Waals surface area contributed by atoms with Crippen molar-refractivity contribution in [2.24, 2.45) is 0 Å². The number of rotatable bonds is 0. The van der Waals surface area contributed by atoms with Crippen molar-refractivity contribution >= 4 is 38.8 Å². The van der Waals surface area contributed by atoms with E-state index in [9.17, 15) is 0 Å². The van der Waals surface area contributed by atoms with E-state index in [1.807, 2.05) is 11.8 Å². The van der Waals surface area contributed by atoms with Crippen LogP contribution in [0.5, 0.6) is 0 Å². The Kier molecular flexibility index (Phi) is 3.89. The minimum atomic E-state index is 1.13. The molecule has 1 nitrogen and oxygen atoms in total. The van der Waals surface area contributed by atoms with Crippen LogP contribution in [0, 0.1) is 0 Å². The molecule has 2 heterocycles. The third-order valence-electron chi connectivity index (χ3n) is 4.55. The van der Waals surface area contributed by atoms with Gasteiger partial charge in [-0.15, -0.1) is 0 Å². The van der Waals surface area contributed by atoms with Crippen LogP contribution in [-0.4, -0.2) is 25.0 Å². The van der Waals surface area contributed by atoms with Gasteiger partial charge in [0.1, 0.15) is 0 Å². The van der Waals surface area contributed by atoms with Crippen molar-refractivity contribution in [3.05, 3.63) is 58.1 Å². The quantitative estimate of drug-likeness (QED) is 0.597. The molecule has 0 saturated carbocycles. The van der Waals surface area contributed by atoms with Crippen LogP contribution < -0.4 is 0 Å². The van der Waals surface area contributed by atoms with Gasteiger partial charge in [0.2, 0.25) is 0 Å². The van der Waals surface area contributed by atoms with E-state index in [0.29, 0.717) is 0 Å². The zero-order valence-electron chi connectivity index (χ0n) is 12.6. The molecule has 4 rings (SSSR count). The first-order valence-electron chi connectivity index (χ1n) is 7.70. The Labute approximate surface area is 144 Å². The zero-order valence-corrected chi connectivity index (χ0v) is 15.0. The van der Waals surface area contributed by atoms with Gasteiger partial charge in [-0.1, -0.05) is 45.9 Å². The van der Waals surface area contributed by atoms with Crippen LogP contribution in [0.15, 0.2) is 56.7 Å². The number of hydrogen-bond acceptors (Lipinski definition) is 2. The van der Waals surface area contributed by atoms with E-state index in [4.69, 9.17) is 0 Å². The molecule has 2 aliphatic rings. The van der Waals surface area contributed by atoms with Gasteiger partial charge in [-0.25, -0.2) is 0 Å². The van der Waals surface area contributed by atoms with Crippen molar-refractivity contribution in [1.29, 1.82) is 0 Å². The lowest BCUT2D eigenvalue weighted by molar-refractivity contribution is 0.356. The van der Waals surface area contributed by atoms with Crippen LogP contribution in [0.3, 0.4) is 0 Å². The first-order chi connectivity index (χ1) is 10.7. The van der Waals surface area contributed by atoms with Crippen LogP contribution in [0.25, 0.3) is 11.1 Å². The van der Waals surface area contributed by atoms with Crippen LogP contribution in [0.4, 0.5) is 0 Å². The van der Waals surface area contributed by atoms with Crippen molar-refractivity contribution in [3.8, 4) is 0 Å². The number of halogens is 1. The summed E-state index contributed by atoms with van der Waals surface area (Å²) in [6, 6.07) is 15.6. The maximum absolute atomic E-state index is 3.66. The second kappa shape index (κ2) is 5.88. The Bertz CT molecular complexity index is 766. The maximum Gasteiger partial charge on any atom is 0.0198 e. The van der Waals surface area contributed by atoms with Gasteiger partial charge in [0.15, 0.2) is 0 Å². The summed E-state index contributed by atoms with van der Waals surface area (Å²) >= 11 is 5.57. The molecule has 0 radical (unpaired) electrons. The van der Waals surface area contributed by atoms with Crippen molar-refractivity contribution in [2.75, 3.05) is 20.1 Å². The average molecular weight is 372 g/mol. The Morgan fingerprint density at radius 3 is 2.41 bits per heavy atom. The zero-order chi connectivity index (χ0) is 15.1. The van der Waals surface area contributed by atoms with Gasteiger partial charge >= 0.3 is 0 Å². The number of fused-ring (bicyclic) bond motifs is 4. The predicted molar refractivity (Wildman–Crippen MR) is 98.3 cm³/mol. The lowest BCUT2D eigenvalue weighted by Gasteiger charge is -2.14. The molecule has 0 bridgehead atoms. The molecule has 0 unspecified atom stereocenters. The Balaban J connectivity index is 1.98. The van der Waals surface area contributed by atoms with Gasteiger partial charge in [-0.3, -0.25) is 0 Å². The molecule has 0 aromatic heterocycles. The lowest BCUT2D eigenvalue weighted by atomic mass is 9.91. The third-order valence-corrected chi connectivity index (χ3v) is 6.20. The second-order valence-corrected chi connectivity index (χ2v) is 8.00. The smallest absolute Gasteiger partial charge is 0.0198 e. The summed E-state index contributed by atoms with van der Waals surface area (Å²) in [4.78, 5) is 5.22. The molecule has 3 heteroatoms. The molecule has 112 valence electrons. The van der Waals surface area contributed by atoms with E-state index in [1.165, 1.54) is 31.0 Å². The fourth-order valence-electron chi connectivity index (χ4n) is 3.36. The van der Waals surface area contributed by atoms with Crippen LogP contribution in [0.2, 0.25) is 0 Å². The molecule has 0 aliphatic carbocycles. The van der Waals surface area contributed by atoms with E-state index in [1.54, 1.807) is 5.57 Å². The molecule has 2 aromatic rings. The fraction of sp³-hybridized carbons (Fsp3) is 0.263. The van der Waals surface area contributed by atoms with Gasteiger partial charge in [-0.2, -0.15) is 0 Å². The Morgan fingerprint density at radius 1 is 0.909 bits per heavy atom. The summed E-state index contributed by atoms with van der Waals surface area (Å²) < 4.78 is 1.17. The third kappa shape index (κ3) is 2.55. The largest absolute Gasteiger partial charge is 0.306 e. The van der Waals surface area contributed by atoms with E-state index in [2.05, 4.69) is 70.3 Å². The molecule has 0 amide bonds. The summed E-state index contributed by atoms with van der Waals surface area (Å²) in [7, 11) is 2.23. The molecule has 2 aliphatic heterocycles. The van der Waals surface area contributed by atoms with Gasteiger partial charge in [0, 0.05) is 27.4 Å². The topological polar surface area (TPSA) is 3.24 Å². The molecule has 0 fully saturated rings. The van der Waals surface area contributed by atoms with Crippen molar-refractivity contribution < 1.29 is 0 Å². The van der Waals surface area contributed by atoms with E-state index in [0.717, 1.165) is 25.9 Å². The monoisotopic (exact) mass is 371 g/mol. The van der Waals surface area contributed by atoms with Gasteiger partial charge in [-0.05, 0) is 66.4 Å². The summed E-state index contributed by atoms with van der Waals surface area (Å²) in [6.07, 6.45) is 2.26. The standard InChI is InChI=1S/C19H18BrNS/c1-21-10-8-14-15(9-11-21)17-12-13(20)6-7-19(17)22-18-5-3-2-4-16(14)18/h2-7,12H,8-11H2,1H3. The number of nitrogens with zero attached hydrogens (tertiary/aromatic N) is 1. The molecule has 2 aromatic carbocycles. The van der Waals surface area contributed by atoms with Gasteiger partial charge in [0.05, 0.1) is 0 Å². The summed E-state index contributed by atoms with van der Waals surface area (Å²) in [6.45, 7) is 2.28. The molecule has 0 saturated heterocycles. The highest BCUT2D eigenvalue weighted by atomic mass is 79.9. The first-order valence-corrected chi connectivity index (χ1v) is 9.31. The molecule has 0 atom stereocenters. The summed E-state index contributed by atoms with van der Waals surface area (Å²) in [5.74, 6) is 0. The Hall–Kier alpha value is -1.03. The molecular weight excluding hydrogens is 354 g/mol. The number of hydrogen-bond donors (Lipinski definition) is 0. The fourth-order valence-corrected chi connectivity index (χ4v) is 4.84. The highest BCUT2D eigenvalue weighted by Gasteiger charge is 2.24. The average Bonchev–Trinajstić information content (AvgIpc) is 2.78. The van der Waals surface area contributed by atoms with Crippen LogP contribution >= 0.6 is 27.7 Å². The second-order valence-electron chi connectivity index (χ2n) is 6.00. The first kappa shape index (κ1) is 14.6. The highest BCUT2D eigenvalue weighted by molar-refractivity contribution is 9.10. The summed E-state index contributed by atoms with van der Waals surface area (Å²) in [5, 5.41) is 0. The maximum atomic E-state index is 3.66. The van der Waals surface area contributed by atoms with E-state index < -0.39 is 0 Å². The summed E-state index contributed by atoms with van der Waals surface area (Å²) in [5.41, 5.74) is 5.94. The number of benzene rings is 2. The highest BCUT2D eigenvalue weighted by Crippen LogP contribution is 2.47.